The Balaban J connectivity index is 1.24. The largest absolute Gasteiger partial charge is 0.472 e. The highest BCUT2D eigenvalue weighted by atomic mass is 16.3. The standard InChI is InChI=1S/C22H29N3O2/c1-17(18-5-3-2-4-6-18)25-13-9-21(15-25)23-20-7-11-24(12-8-20)22(26)19-10-14-27-16-19/h2-6,10,14,16-17,20-21,23H,7-9,11-13,15H2,1H3/t17-,21+/m1/s1. The normalized spacial score (nSPS) is 22.9. The Hall–Kier alpha value is -2.11. The van der Waals surface area contributed by atoms with Gasteiger partial charge in [0.1, 0.15) is 6.26 Å². The lowest BCUT2D eigenvalue weighted by molar-refractivity contribution is 0.0701. The first-order valence-corrected chi connectivity index (χ1v) is 10.1. The van der Waals surface area contributed by atoms with Gasteiger partial charge < -0.3 is 14.6 Å². The fraction of sp³-hybridized carbons (Fsp3) is 0.500. The fourth-order valence-electron chi connectivity index (χ4n) is 4.37. The summed E-state index contributed by atoms with van der Waals surface area (Å²) in [6, 6.07) is 14.0. The van der Waals surface area contributed by atoms with Crippen LogP contribution in [0.15, 0.2) is 53.3 Å². The number of nitrogens with zero attached hydrogens (tertiary/aromatic N) is 2. The smallest absolute Gasteiger partial charge is 0.257 e. The monoisotopic (exact) mass is 367 g/mol. The number of likely N-dealkylation sites (tertiary alicyclic amines) is 2. The number of carbonyl (C=O) groups excluding carboxylic acids is 1. The van der Waals surface area contributed by atoms with Crippen molar-refractivity contribution in [2.75, 3.05) is 26.2 Å². The lowest BCUT2D eigenvalue weighted by atomic mass is 10.0. The van der Waals surface area contributed by atoms with E-state index in [1.807, 2.05) is 4.90 Å². The number of nitrogens with one attached hydrogen (secondary N) is 1. The Morgan fingerprint density at radius 3 is 2.52 bits per heavy atom. The molecule has 2 aromatic rings. The summed E-state index contributed by atoms with van der Waals surface area (Å²) in [5.41, 5.74) is 2.05. The van der Waals surface area contributed by atoms with Crippen LogP contribution in [-0.2, 0) is 0 Å². The van der Waals surface area contributed by atoms with Crippen molar-refractivity contribution in [3.8, 4) is 0 Å². The van der Waals surface area contributed by atoms with Gasteiger partial charge in [-0.05, 0) is 37.8 Å². The number of amides is 1. The molecule has 1 aromatic heterocycles. The van der Waals surface area contributed by atoms with Gasteiger partial charge >= 0.3 is 0 Å². The molecule has 4 rings (SSSR count). The molecule has 27 heavy (non-hydrogen) atoms. The lowest BCUT2D eigenvalue weighted by Crippen LogP contribution is -2.48. The molecule has 2 aliphatic rings. The molecule has 2 aliphatic heterocycles. The van der Waals surface area contributed by atoms with E-state index in [1.54, 1.807) is 12.3 Å². The van der Waals surface area contributed by atoms with E-state index in [4.69, 9.17) is 4.42 Å². The van der Waals surface area contributed by atoms with Crippen LogP contribution in [0.5, 0.6) is 0 Å². The molecule has 1 aromatic carbocycles. The van der Waals surface area contributed by atoms with Gasteiger partial charge in [0.25, 0.3) is 5.91 Å². The first kappa shape index (κ1) is 18.3. The number of piperidine rings is 1. The molecule has 5 nitrogen and oxygen atoms in total. The molecular weight excluding hydrogens is 338 g/mol. The van der Waals surface area contributed by atoms with Gasteiger partial charge in [-0.25, -0.2) is 0 Å². The molecule has 2 saturated heterocycles. The van der Waals surface area contributed by atoms with Crippen molar-refractivity contribution < 1.29 is 9.21 Å². The van der Waals surface area contributed by atoms with Crippen LogP contribution < -0.4 is 5.32 Å². The van der Waals surface area contributed by atoms with Gasteiger partial charge in [-0.1, -0.05) is 30.3 Å². The molecule has 0 aliphatic carbocycles. The Kier molecular flexibility index (Phi) is 5.60. The minimum atomic E-state index is 0.0888. The van der Waals surface area contributed by atoms with Crippen LogP contribution in [-0.4, -0.2) is 54.0 Å². The zero-order valence-corrected chi connectivity index (χ0v) is 16.0. The third-order valence-corrected chi connectivity index (χ3v) is 6.07. The summed E-state index contributed by atoms with van der Waals surface area (Å²) in [5, 5.41) is 3.85. The van der Waals surface area contributed by atoms with E-state index in [9.17, 15) is 4.79 Å². The molecule has 1 N–H and O–H groups in total. The second-order valence-electron chi connectivity index (χ2n) is 7.81. The van der Waals surface area contributed by atoms with Gasteiger partial charge in [0.05, 0.1) is 11.8 Å². The van der Waals surface area contributed by atoms with Crippen LogP contribution in [0.1, 0.15) is 48.1 Å². The molecule has 2 atom stereocenters. The maximum atomic E-state index is 12.4. The summed E-state index contributed by atoms with van der Waals surface area (Å²) in [7, 11) is 0. The van der Waals surface area contributed by atoms with Crippen molar-refractivity contribution in [1.82, 2.24) is 15.1 Å². The molecule has 3 heterocycles. The molecule has 144 valence electrons. The van der Waals surface area contributed by atoms with Gasteiger partial charge in [-0.3, -0.25) is 9.69 Å². The minimum absolute atomic E-state index is 0.0888. The number of carbonyl (C=O) groups is 1. The predicted octanol–water partition coefficient (Wildman–Crippen LogP) is 3.31. The first-order chi connectivity index (χ1) is 13.2. The van der Waals surface area contributed by atoms with Crippen molar-refractivity contribution in [3.63, 3.8) is 0 Å². The van der Waals surface area contributed by atoms with Gasteiger partial charge in [0.15, 0.2) is 0 Å². The van der Waals surface area contributed by atoms with Crippen molar-refractivity contribution in [2.45, 2.75) is 44.3 Å². The summed E-state index contributed by atoms with van der Waals surface area (Å²) in [5.74, 6) is 0.0888. The molecule has 5 heteroatoms. The topological polar surface area (TPSA) is 48.7 Å². The summed E-state index contributed by atoms with van der Waals surface area (Å²) >= 11 is 0. The van der Waals surface area contributed by atoms with E-state index in [0.717, 1.165) is 39.0 Å². The van der Waals surface area contributed by atoms with Gasteiger partial charge in [-0.2, -0.15) is 0 Å². The zero-order valence-electron chi connectivity index (χ0n) is 16.0. The zero-order chi connectivity index (χ0) is 18.6. The highest BCUT2D eigenvalue weighted by molar-refractivity contribution is 5.93. The van der Waals surface area contributed by atoms with Crippen molar-refractivity contribution in [1.29, 1.82) is 0 Å². The number of furan rings is 1. The maximum absolute atomic E-state index is 12.4. The molecule has 0 unspecified atom stereocenters. The summed E-state index contributed by atoms with van der Waals surface area (Å²) in [6.07, 6.45) is 6.34. The highest BCUT2D eigenvalue weighted by Crippen LogP contribution is 2.25. The van der Waals surface area contributed by atoms with Crippen LogP contribution in [0.2, 0.25) is 0 Å². The predicted molar refractivity (Wildman–Crippen MR) is 106 cm³/mol. The van der Waals surface area contributed by atoms with E-state index >= 15 is 0 Å². The second-order valence-corrected chi connectivity index (χ2v) is 7.81. The van der Waals surface area contributed by atoms with E-state index in [-0.39, 0.29) is 5.91 Å². The quantitative estimate of drug-likeness (QED) is 0.881. The van der Waals surface area contributed by atoms with Crippen LogP contribution in [0.3, 0.4) is 0 Å². The van der Waals surface area contributed by atoms with Crippen molar-refractivity contribution in [3.05, 3.63) is 60.1 Å². The fourth-order valence-corrected chi connectivity index (χ4v) is 4.37. The van der Waals surface area contributed by atoms with E-state index in [1.165, 1.54) is 18.2 Å². The summed E-state index contributed by atoms with van der Waals surface area (Å²) < 4.78 is 5.03. The first-order valence-electron chi connectivity index (χ1n) is 10.1. The Morgan fingerprint density at radius 1 is 1.07 bits per heavy atom. The maximum Gasteiger partial charge on any atom is 0.257 e. The average molecular weight is 367 g/mol. The molecular formula is C22H29N3O2. The lowest BCUT2D eigenvalue weighted by Gasteiger charge is -2.34. The highest BCUT2D eigenvalue weighted by Gasteiger charge is 2.30. The number of benzene rings is 1. The van der Waals surface area contributed by atoms with E-state index < -0.39 is 0 Å². The third kappa shape index (κ3) is 4.25. The van der Waals surface area contributed by atoms with Crippen molar-refractivity contribution in [2.24, 2.45) is 0 Å². The Bertz CT molecular complexity index is 723. The Labute approximate surface area is 161 Å². The van der Waals surface area contributed by atoms with Crippen molar-refractivity contribution >= 4 is 5.91 Å². The SMILES string of the molecule is C[C@H](c1ccccc1)N1CC[C@H](NC2CCN(C(=O)c3ccoc3)CC2)C1. The third-order valence-electron chi connectivity index (χ3n) is 6.07. The van der Waals surface area contributed by atoms with E-state index in [2.05, 4.69) is 47.5 Å². The van der Waals surface area contributed by atoms with Gasteiger partial charge in [0.2, 0.25) is 0 Å². The second kappa shape index (κ2) is 8.28. The molecule has 0 spiro atoms. The molecule has 0 radical (unpaired) electrons. The molecule has 1 amide bonds. The van der Waals surface area contributed by atoms with E-state index in [0.29, 0.717) is 23.7 Å². The van der Waals surface area contributed by atoms with Crippen LogP contribution in [0.4, 0.5) is 0 Å². The van der Waals surface area contributed by atoms with Gasteiger partial charge in [0, 0.05) is 44.3 Å². The molecule has 0 bridgehead atoms. The molecule has 2 fully saturated rings. The van der Waals surface area contributed by atoms with Crippen LogP contribution in [0.25, 0.3) is 0 Å². The van der Waals surface area contributed by atoms with Crippen LogP contribution >= 0.6 is 0 Å². The summed E-state index contributed by atoms with van der Waals surface area (Å²) in [4.78, 5) is 16.9. The number of hydrogen-bond acceptors (Lipinski definition) is 4. The van der Waals surface area contributed by atoms with Gasteiger partial charge in [-0.15, -0.1) is 0 Å². The molecule has 0 saturated carbocycles. The number of rotatable bonds is 5. The Morgan fingerprint density at radius 2 is 1.81 bits per heavy atom. The summed E-state index contributed by atoms with van der Waals surface area (Å²) in [6.45, 7) is 6.19. The average Bonchev–Trinajstić information content (AvgIpc) is 3.40. The number of hydrogen-bond donors (Lipinski definition) is 1. The minimum Gasteiger partial charge on any atom is -0.472 e. The van der Waals surface area contributed by atoms with Crippen LogP contribution in [0, 0.1) is 0 Å².